The minimum atomic E-state index is 0.752. The second kappa shape index (κ2) is 4.99. The summed E-state index contributed by atoms with van der Waals surface area (Å²) in [6, 6.07) is 11.8. The van der Waals surface area contributed by atoms with Crippen molar-refractivity contribution < 1.29 is 9.30 Å². The van der Waals surface area contributed by atoms with Crippen molar-refractivity contribution in [2.45, 2.75) is 6.54 Å². The van der Waals surface area contributed by atoms with Crippen LogP contribution in [0.3, 0.4) is 0 Å². The van der Waals surface area contributed by atoms with Crippen molar-refractivity contribution in [3.63, 3.8) is 0 Å². The maximum atomic E-state index is 5.83. The Morgan fingerprint density at radius 1 is 1.19 bits per heavy atom. The van der Waals surface area contributed by atoms with Crippen molar-refractivity contribution in [1.82, 2.24) is 0 Å². The zero-order valence-corrected chi connectivity index (χ0v) is 9.82. The molecular formula is C13H13ClNO+. The largest absolute Gasteiger partial charge is 0.497 e. The van der Waals surface area contributed by atoms with Crippen molar-refractivity contribution in [2.75, 3.05) is 7.11 Å². The van der Waals surface area contributed by atoms with Crippen LogP contribution in [0.25, 0.3) is 0 Å². The molecule has 0 bridgehead atoms. The number of aromatic nitrogens is 1. The third kappa shape index (κ3) is 2.74. The summed E-state index contributed by atoms with van der Waals surface area (Å²) >= 11 is 5.83. The van der Waals surface area contributed by atoms with Gasteiger partial charge in [-0.2, -0.15) is 0 Å². The van der Waals surface area contributed by atoms with Crippen LogP contribution in [0.1, 0.15) is 5.56 Å². The molecule has 0 amide bonds. The molecule has 0 aliphatic carbocycles. The fourth-order valence-electron chi connectivity index (χ4n) is 1.53. The lowest BCUT2D eigenvalue weighted by Crippen LogP contribution is -2.32. The molecule has 0 aliphatic rings. The van der Waals surface area contributed by atoms with Crippen LogP contribution >= 0.6 is 11.6 Å². The fourth-order valence-corrected chi connectivity index (χ4v) is 1.64. The van der Waals surface area contributed by atoms with Gasteiger partial charge in [-0.1, -0.05) is 23.7 Å². The quantitative estimate of drug-likeness (QED) is 0.745. The average Bonchev–Trinajstić information content (AvgIpc) is 2.32. The first-order valence-corrected chi connectivity index (χ1v) is 5.43. The molecule has 0 atom stereocenters. The molecule has 0 aliphatic heterocycles. The molecule has 2 nitrogen and oxygen atoms in total. The Kier molecular flexibility index (Phi) is 3.42. The summed E-state index contributed by atoms with van der Waals surface area (Å²) in [5.41, 5.74) is 1.20. The Labute approximate surface area is 100 Å². The van der Waals surface area contributed by atoms with E-state index < -0.39 is 0 Å². The van der Waals surface area contributed by atoms with Gasteiger partial charge in [0.05, 0.1) is 12.1 Å². The lowest BCUT2D eigenvalue weighted by atomic mass is 10.2. The van der Waals surface area contributed by atoms with Crippen LogP contribution in [0.2, 0.25) is 5.02 Å². The Morgan fingerprint density at radius 3 is 2.62 bits per heavy atom. The number of nitrogens with zero attached hydrogens (tertiary/aromatic N) is 1. The Morgan fingerprint density at radius 2 is 1.94 bits per heavy atom. The smallest absolute Gasteiger partial charge is 0.173 e. The summed E-state index contributed by atoms with van der Waals surface area (Å²) in [6.07, 6.45) is 3.92. The molecule has 0 saturated carbocycles. The zero-order valence-electron chi connectivity index (χ0n) is 9.06. The van der Waals surface area contributed by atoms with Gasteiger partial charge in [-0.3, -0.25) is 0 Å². The maximum Gasteiger partial charge on any atom is 0.173 e. The summed E-state index contributed by atoms with van der Waals surface area (Å²) in [4.78, 5) is 0. The van der Waals surface area contributed by atoms with Crippen molar-refractivity contribution >= 4 is 11.6 Å². The number of hydrogen-bond acceptors (Lipinski definition) is 1. The van der Waals surface area contributed by atoms with Crippen LogP contribution in [0.5, 0.6) is 5.75 Å². The SMILES string of the molecule is COc1cccc(C[n+]2ccc(Cl)cc2)c1. The molecule has 16 heavy (non-hydrogen) atoms. The van der Waals surface area contributed by atoms with E-state index in [1.807, 2.05) is 42.7 Å². The number of ether oxygens (including phenoxy) is 1. The van der Waals surface area contributed by atoms with Gasteiger partial charge in [0.2, 0.25) is 0 Å². The van der Waals surface area contributed by atoms with Gasteiger partial charge < -0.3 is 4.74 Å². The van der Waals surface area contributed by atoms with Gasteiger partial charge in [-0.05, 0) is 12.1 Å². The third-order valence-electron chi connectivity index (χ3n) is 2.35. The van der Waals surface area contributed by atoms with E-state index in [-0.39, 0.29) is 0 Å². The number of benzene rings is 1. The standard InChI is InChI=1S/C13H13ClNO/c1-16-13-4-2-3-11(9-13)10-15-7-5-12(14)6-8-15/h2-9H,10H2,1H3/q+1. The van der Waals surface area contributed by atoms with Gasteiger partial charge in [0.1, 0.15) is 5.75 Å². The predicted octanol–water partition coefficient (Wildman–Crippen LogP) is 2.68. The molecule has 0 fully saturated rings. The van der Waals surface area contributed by atoms with E-state index in [0.29, 0.717) is 0 Å². The van der Waals surface area contributed by atoms with Gasteiger partial charge in [0, 0.05) is 17.7 Å². The minimum absolute atomic E-state index is 0.752. The Hall–Kier alpha value is -1.54. The van der Waals surface area contributed by atoms with Gasteiger partial charge in [0.25, 0.3) is 0 Å². The van der Waals surface area contributed by atoms with E-state index in [2.05, 4.69) is 10.6 Å². The number of pyridine rings is 1. The number of methoxy groups -OCH3 is 1. The van der Waals surface area contributed by atoms with Gasteiger partial charge in [-0.25, -0.2) is 4.57 Å². The second-order valence-corrected chi connectivity index (χ2v) is 3.98. The number of rotatable bonds is 3. The monoisotopic (exact) mass is 234 g/mol. The predicted molar refractivity (Wildman–Crippen MR) is 63.7 cm³/mol. The van der Waals surface area contributed by atoms with Gasteiger partial charge >= 0.3 is 0 Å². The lowest BCUT2D eigenvalue weighted by molar-refractivity contribution is -0.688. The van der Waals surface area contributed by atoms with Crippen LogP contribution in [0.15, 0.2) is 48.8 Å². The van der Waals surface area contributed by atoms with Crippen molar-refractivity contribution in [3.8, 4) is 5.75 Å². The molecule has 2 aromatic rings. The Balaban J connectivity index is 2.16. The first-order valence-electron chi connectivity index (χ1n) is 5.05. The first-order chi connectivity index (χ1) is 7.78. The molecule has 1 aromatic carbocycles. The summed E-state index contributed by atoms with van der Waals surface area (Å²) in [5.74, 6) is 0.882. The summed E-state index contributed by atoms with van der Waals surface area (Å²) < 4.78 is 7.25. The molecule has 0 N–H and O–H groups in total. The highest BCUT2D eigenvalue weighted by molar-refractivity contribution is 6.30. The molecule has 3 heteroatoms. The van der Waals surface area contributed by atoms with Crippen molar-refractivity contribution in [3.05, 3.63) is 59.4 Å². The van der Waals surface area contributed by atoms with E-state index in [1.165, 1.54) is 5.56 Å². The molecule has 0 unspecified atom stereocenters. The van der Waals surface area contributed by atoms with Crippen LogP contribution < -0.4 is 9.30 Å². The van der Waals surface area contributed by atoms with E-state index in [4.69, 9.17) is 16.3 Å². The number of hydrogen-bond donors (Lipinski definition) is 0. The topological polar surface area (TPSA) is 13.1 Å². The van der Waals surface area contributed by atoms with Crippen LogP contribution in [-0.4, -0.2) is 7.11 Å². The minimum Gasteiger partial charge on any atom is -0.497 e. The highest BCUT2D eigenvalue weighted by Crippen LogP contribution is 2.12. The first kappa shape index (κ1) is 11.0. The second-order valence-electron chi connectivity index (χ2n) is 3.54. The molecule has 1 aromatic heterocycles. The third-order valence-corrected chi connectivity index (χ3v) is 2.60. The lowest BCUT2D eigenvalue weighted by Gasteiger charge is -2.01. The average molecular weight is 235 g/mol. The van der Waals surface area contributed by atoms with Gasteiger partial charge in [-0.15, -0.1) is 0 Å². The molecule has 0 radical (unpaired) electrons. The summed E-state index contributed by atoms with van der Waals surface area (Å²) in [5, 5.41) is 0.752. The molecule has 0 spiro atoms. The highest BCUT2D eigenvalue weighted by Gasteiger charge is 2.03. The van der Waals surface area contributed by atoms with Crippen molar-refractivity contribution in [1.29, 1.82) is 0 Å². The van der Waals surface area contributed by atoms with Crippen LogP contribution in [-0.2, 0) is 6.54 Å². The van der Waals surface area contributed by atoms with E-state index in [9.17, 15) is 0 Å². The van der Waals surface area contributed by atoms with Gasteiger partial charge in [0.15, 0.2) is 18.9 Å². The van der Waals surface area contributed by atoms with Crippen molar-refractivity contribution in [2.24, 2.45) is 0 Å². The molecule has 82 valence electrons. The fraction of sp³-hybridized carbons (Fsp3) is 0.154. The van der Waals surface area contributed by atoms with E-state index >= 15 is 0 Å². The number of halogens is 1. The molecule has 2 rings (SSSR count). The van der Waals surface area contributed by atoms with E-state index in [1.54, 1.807) is 7.11 Å². The summed E-state index contributed by atoms with van der Waals surface area (Å²) in [7, 11) is 1.68. The zero-order chi connectivity index (χ0) is 11.4. The van der Waals surface area contributed by atoms with E-state index in [0.717, 1.165) is 17.3 Å². The van der Waals surface area contributed by atoms with Crippen LogP contribution in [0, 0.1) is 0 Å². The van der Waals surface area contributed by atoms with Crippen LogP contribution in [0.4, 0.5) is 0 Å². The molecular weight excluding hydrogens is 222 g/mol. The Bertz CT molecular complexity index is 468. The maximum absolute atomic E-state index is 5.83. The summed E-state index contributed by atoms with van der Waals surface area (Å²) in [6.45, 7) is 0.814. The highest BCUT2D eigenvalue weighted by atomic mass is 35.5. The molecule has 0 saturated heterocycles. The molecule has 1 heterocycles. The normalized spacial score (nSPS) is 10.1.